The number of ether oxygens (including phenoxy) is 4. The van der Waals surface area contributed by atoms with Crippen LogP contribution in [0.5, 0.6) is 17.2 Å². The largest absolute Gasteiger partial charge is 0.507 e. The first-order valence-corrected chi connectivity index (χ1v) is 12.0. The van der Waals surface area contributed by atoms with Gasteiger partial charge in [-0.15, -0.1) is 0 Å². The standard InChI is InChI=1S/C29H27NO7/c1-34-13-12-30-26(20-8-5-9-22(16-20)37-18-19-6-3-2-4-7-19)25(28(32)29(30)33)27(31)21-10-11-23-24(17-21)36-15-14-35-23/h2-11,16-17,26,31H,12-15,18H2,1H3/b27-25+. The van der Waals surface area contributed by atoms with Crippen molar-refractivity contribution in [3.8, 4) is 17.2 Å². The van der Waals surface area contributed by atoms with Crippen molar-refractivity contribution < 1.29 is 33.6 Å². The van der Waals surface area contributed by atoms with Crippen LogP contribution >= 0.6 is 0 Å². The summed E-state index contributed by atoms with van der Waals surface area (Å²) in [5.41, 5.74) is 2.01. The van der Waals surface area contributed by atoms with Crippen molar-refractivity contribution in [3.63, 3.8) is 0 Å². The molecule has 2 heterocycles. The Kier molecular flexibility index (Phi) is 7.09. The number of rotatable bonds is 8. The molecular formula is C29H27NO7. The highest BCUT2D eigenvalue weighted by Crippen LogP contribution is 2.41. The van der Waals surface area contributed by atoms with Crippen LogP contribution in [0.4, 0.5) is 0 Å². The van der Waals surface area contributed by atoms with Gasteiger partial charge in [-0.3, -0.25) is 9.59 Å². The van der Waals surface area contributed by atoms with Crippen LogP contribution in [0.2, 0.25) is 0 Å². The molecule has 1 atom stereocenters. The molecule has 0 saturated carbocycles. The highest BCUT2D eigenvalue weighted by molar-refractivity contribution is 6.46. The molecule has 2 aliphatic rings. The number of fused-ring (bicyclic) bond motifs is 1. The second-order valence-electron chi connectivity index (χ2n) is 8.69. The van der Waals surface area contributed by atoms with Crippen molar-refractivity contribution in [1.29, 1.82) is 0 Å². The van der Waals surface area contributed by atoms with Gasteiger partial charge in [0.1, 0.15) is 31.3 Å². The van der Waals surface area contributed by atoms with Crippen LogP contribution in [0, 0.1) is 0 Å². The predicted molar refractivity (Wildman–Crippen MR) is 136 cm³/mol. The van der Waals surface area contributed by atoms with Crippen LogP contribution in [0.25, 0.3) is 5.76 Å². The minimum atomic E-state index is -0.816. The first-order valence-electron chi connectivity index (χ1n) is 12.0. The molecule has 8 heteroatoms. The molecule has 37 heavy (non-hydrogen) atoms. The number of nitrogens with zero attached hydrogens (tertiary/aromatic N) is 1. The van der Waals surface area contributed by atoms with E-state index < -0.39 is 17.7 Å². The zero-order valence-electron chi connectivity index (χ0n) is 20.4. The minimum Gasteiger partial charge on any atom is -0.507 e. The Morgan fingerprint density at radius 3 is 2.54 bits per heavy atom. The summed E-state index contributed by atoms with van der Waals surface area (Å²) >= 11 is 0. The number of hydrogen-bond acceptors (Lipinski definition) is 7. The zero-order chi connectivity index (χ0) is 25.8. The van der Waals surface area contributed by atoms with Crippen molar-refractivity contribution in [1.82, 2.24) is 4.90 Å². The molecule has 1 fully saturated rings. The molecule has 3 aromatic rings. The fraction of sp³-hybridized carbons (Fsp3) is 0.241. The average Bonchev–Trinajstić information content (AvgIpc) is 3.20. The summed E-state index contributed by atoms with van der Waals surface area (Å²) in [6.45, 7) is 1.60. The molecule has 8 nitrogen and oxygen atoms in total. The third-order valence-electron chi connectivity index (χ3n) is 6.31. The molecule has 1 unspecified atom stereocenters. The van der Waals surface area contributed by atoms with Gasteiger partial charge in [-0.2, -0.15) is 0 Å². The molecule has 0 spiro atoms. The Balaban J connectivity index is 1.53. The van der Waals surface area contributed by atoms with E-state index >= 15 is 0 Å². The highest BCUT2D eigenvalue weighted by atomic mass is 16.6. The summed E-state index contributed by atoms with van der Waals surface area (Å²) in [4.78, 5) is 27.7. The molecule has 5 rings (SSSR count). The smallest absolute Gasteiger partial charge is 0.295 e. The summed E-state index contributed by atoms with van der Waals surface area (Å²) in [6.07, 6.45) is 0. The van der Waals surface area contributed by atoms with Crippen molar-refractivity contribution in [2.24, 2.45) is 0 Å². The number of carbonyl (C=O) groups excluding carboxylic acids is 2. The number of carbonyl (C=O) groups is 2. The van der Waals surface area contributed by atoms with Crippen LogP contribution in [0.15, 0.2) is 78.4 Å². The van der Waals surface area contributed by atoms with E-state index in [-0.39, 0.29) is 24.5 Å². The molecule has 0 radical (unpaired) electrons. The van der Waals surface area contributed by atoms with Crippen LogP contribution in [0.3, 0.4) is 0 Å². The van der Waals surface area contributed by atoms with Crippen molar-refractivity contribution in [2.75, 3.05) is 33.5 Å². The highest BCUT2D eigenvalue weighted by Gasteiger charge is 2.46. The summed E-state index contributed by atoms with van der Waals surface area (Å²) in [5, 5.41) is 11.3. The second kappa shape index (κ2) is 10.8. The Labute approximate surface area is 214 Å². The monoisotopic (exact) mass is 501 g/mol. The fourth-order valence-corrected chi connectivity index (χ4v) is 4.51. The van der Waals surface area contributed by atoms with Gasteiger partial charge in [-0.1, -0.05) is 42.5 Å². The third kappa shape index (κ3) is 5.01. The predicted octanol–water partition coefficient (Wildman–Crippen LogP) is 4.10. The van der Waals surface area contributed by atoms with E-state index in [0.29, 0.717) is 48.2 Å². The van der Waals surface area contributed by atoms with Gasteiger partial charge in [-0.05, 0) is 41.5 Å². The van der Waals surface area contributed by atoms with Gasteiger partial charge in [0.25, 0.3) is 11.7 Å². The van der Waals surface area contributed by atoms with Crippen molar-refractivity contribution in [3.05, 3.63) is 95.1 Å². The van der Waals surface area contributed by atoms with Crippen molar-refractivity contribution in [2.45, 2.75) is 12.6 Å². The lowest BCUT2D eigenvalue weighted by molar-refractivity contribution is -0.140. The Hall–Kier alpha value is -4.30. The lowest BCUT2D eigenvalue weighted by atomic mass is 9.95. The first kappa shape index (κ1) is 24.4. The molecule has 1 amide bonds. The number of aliphatic hydroxyl groups is 1. The molecule has 0 aliphatic carbocycles. The van der Waals surface area contributed by atoms with Gasteiger partial charge in [0, 0.05) is 19.2 Å². The number of aliphatic hydroxyl groups excluding tert-OH is 1. The van der Waals surface area contributed by atoms with Gasteiger partial charge in [-0.25, -0.2) is 0 Å². The number of benzene rings is 3. The molecule has 3 aromatic carbocycles. The van der Waals surface area contributed by atoms with E-state index in [1.807, 2.05) is 42.5 Å². The SMILES string of the molecule is COCCN1C(=O)C(=O)/C(=C(/O)c2ccc3c(c2)OCCO3)C1c1cccc(OCc2ccccc2)c1. The van der Waals surface area contributed by atoms with E-state index in [4.69, 9.17) is 18.9 Å². The van der Waals surface area contributed by atoms with E-state index in [2.05, 4.69) is 0 Å². The number of Topliss-reactive ketones (excluding diaryl/α,β-unsaturated/α-hetero) is 1. The molecular weight excluding hydrogens is 474 g/mol. The van der Waals surface area contributed by atoms with Gasteiger partial charge in [0.2, 0.25) is 0 Å². The number of likely N-dealkylation sites (tertiary alicyclic amines) is 1. The fourth-order valence-electron chi connectivity index (χ4n) is 4.51. The number of hydrogen-bond donors (Lipinski definition) is 1. The van der Waals surface area contributed by atoms with Crippen molar-refractivity contribution >= 4 is 17.4 Å². The van der Waals surface area contributed by atoms with Crippen LogP contribution < -0.4 is 14.2 Å². The maximum Gasteiger partial charge on any atom is 0.295 e. The third-order valence-corrected chi connectivity index (χ3v) is 6.31. The van der Waals surface area contributed by atoms with Crippen LogP contribution in [-0.2, 0) is 20.9 Å². The summed E-state index contributed by atoms with van der Waals surface area (Å²) in [5.74, 6) is -0.130. The van der Waals surface area contributed by atoms with Crippen LogP contribution in [0.1, 0.15) is 22.7 Å². The molecule has 1 N–H and O–H groups in total. The van der Waals surface area contributed by atoms with Gasteiger partial charge in [0.15, 0.2) is 11.5 Å². The van der Waals surface area contributed by atoms with E-state index in [0.717, 1.165) is 5.56 Å². The topological polar surface area (TPSA) is 94.5 Å². The Morgan fingerprint density at radius 2 is 1.76 bits per heavy atom. The number of ketones is 1. The van der Waals surface area contributed by atoms with Gasteiger partial charge < -0.3 is 29.0 Å². The maximum absolute atomic E-state index is 13.2. The Morgan fingerprint density at radius 1 is 0.973 bits per heavy atom. The first-order chi connectivity index (χ1) is 18.1. The zero-order valence-corrected chi connectivity index (χ0v) is 20.4. The summed E-state index contributed by atoms with van der Waals surface area (Å²) < 4.78 is 22.4. The normalized spacial score (nSPS) is 18.2. The quantitative estimate of drug-likeness (QED) is 0.282. The van der Waals surface area contributed by atoms with Gasteiger partial charge >= 0.3 is 0 Å². The van der Waals surface area contributed by atoms with Crippen LogP contribution in [-0.4, -0.2) is 55.2 Å². The maximum atomic E-state index is 13.2. The lowest BCUT2D eigenvalue weighted by Gasteiger charge is -2.25. The molecule has 0 bridgehead atoms. The second-order valence-corrected chi connectivity index (χ2v) is 8.69. The molecule has 1 saturated heterocycles. The Bertz CT molecular complexity index is 1340. The molecule has 190 valence electrons. The number of methoxy groups -OCH3 is 1. The van der Waals surface area contributed by atoms with E-state index in [9.17, 15) is 14.7 Å². The van der Waals surface area contributed by atoms with Gasteiger partial charge in [0.05, 0.1) is 18.2 Å². The minimum absolute atomic E-state index is 0.00186. The molecule has 0 aromatic heterocycles. The summed E-state index contributed by atoms with van der Waals surface area (Å²) in [6, 6.07) is 21.1. The molecule has 2 aliphatic heterocycles. The van der Waals surface area contributed by atoms with E-state index in [1.54, 1.807) is 30.3 Å². The summed E-state index contributed by atoms with van der Waals surface area (Å²) in [7, 11) is 1.53. The average molecular weight is 502 g/mol. The lowest BCUT2D eigenvalue weighted by Crippen LogP contribution is -2.32. The van der Waals surface area contributed by atoms with E-state index in [1.165, 1.54) is 12.0 Å². The number of amides is 1.